The number of ether oxygens (including phenoxy) is 1. The molecule has 2 rings (SSSR count). The minimum Gasteiger partial charge on any atom is -0.481 e. The molecule has 1 aliphatic carbocycles. The van der Waals surface area contributed by atoms with E-state index in [2.05, 4.69) is 17.6 Å². The standard InChI is InChI=1S/C15H26N2O4/c1-2-13-11(7-8-21-13)9-16-15(20)17-12-5-3-10(4-6-12)14(18)19/h10-13H,2-9H2,1H3,(H,18,19)(H2,16,17,20). The SMILES string of the molecule is CCC1OCCC1CNC(=O)NC1CCC(C(=O)O)CC1. The molecule has 0 radical (unpaired) electrons. The van der Waals surface area contributed by atoms with Crippen LogP contribution in [0.25, 0.3) is 0 Å². The molecule has 1 saturated heterocycles. The zero-order valence-electron chi connectivity index (χ0n) is 12.6. The molecule has 2 atom stereocenters. The summed E-state index contributed by atoms with van der Waals surface area (Å²) in [6, 6.07) is -0.0436. The maximum Gasteiger partial charge on any atom is 0.315 e. The van der Waals surface area contributed by atoms with E-state index in [9.17, 15) is 9.59 Å². The summed E-state index contributed by atoms with van der Waals surface area (Å²) >= 11 is 0. The van der Waals surface area contributed by atoms with Crippen molar-refractivity contribution in [3.8, 4) is 0 Å². The molecule has 2 amide bonds. The first-order valence-corrected chi connectivity index (χ1v) is 7.99. The Hall–Kier alpha value is -1.30. The van der Waals surface area contributed by atoms with Gasteiger partial charge in [-0.05, 0) is 38.5 Å². The van der Waals surface area contributed by atoms with Crippen LogP contribution in [0, 0.1) is 11.8 Å². The van der Waals surface area contributed by atoms with E-state index in [0.717, 1.165) is 32.3 Å². The van der Waals surface area contributed by atoms with Crippen molar-refractivity contribution >= 4 is 12.0 Å². The molecule has 6 nitrogen and oxygen atoms in total. The van der Waals surface area contributed by atoms with Crippen molar-refractivity contribution < 1.29 is 19.4 Å². The Labute approximate surface area is 125 Å². The minimum atomic E-state index is -0.718. The second kappa shape index (κ2) is 7.64. The van der Waals surface area contributed by atoms with E-state index in [1.807, 2.05) is 0 Å². The average Bonchev–Trinajstić information content (AvgIpc) is 2.93. The van der Waals surface area contributed by atoms with Crippen LogP contribution in [0.4, 0.5) is 4.79 Å². The number of rotatable bonds is 5. The number of aliphatic carboxylic acids is 1. The van der Waals surface area contributed by atoms with Gasteiger partial charge in [0.15, 0.2) is 0 Å². The first-order chi connectivity index (χ1) is 10.1. The van der Waals surface area contributed by atoms with E-state index in [-0.39, 0.29) is 24.1 Å². The van der Waals surface area contributed by atoms with Gasteiger partial charge in [0.25, 0.3) is 0 Å². The molecular weight excluding hydrogens is 272 g/mol. The fourth-order valence-corrected chi connectivity index (χ4v) is 3.32. The Morgan fingerprint density at radius 3 is 2.52 bits per heavy atom. The smallest absolute Gasteiger partial charge is 0.315 e. The van der Waals surface area contributed by atoms with Crippen molar-refractivity contribution in [2.75, 3.05) is 13.2 Å². The van der Waals surface area contributed by atoms with Gasteiger partial charge in [0, 0.05) is 25.1 Å². The summed E-state index contributed by atoms with van der Waals surface area (Å²) in [6.45, 7) is 3.53. The summed E-state index contributed by atoms with van der Waals surface area (Å²) in [4.78, 5) is 22.8. The maximum absolute atomic E-state index is 11.9. The molecule has 0 aromatic heterocycles. The normalized spacial score (nSPS) is 32.6. The van der Waals surface area contributed by atoms with E-state index in [4.69, 9.17) is 9.84 Å². The number of hydrogen-bond donors (Lipinski definition) is 3. The van der Waals surface area contributed by atoms with Crippen LogP contribution in [0.15, 0.2) is 0 Å². The summed E-state index contributed by atoms with van der Waals surface area (Å²) in [5, 5.41) is 14.8. The Balaban J connectivity index is 1.65. The van der Waals surface area contributed by atoms with Crippen LogP contribution in [-0.4, -0.2) is 42.4 Å². The Kier molecular flexibility index (Phi) is 5.85. The molecule has 0 aromatic rings. The quantitative estimate of drug-likeness (QED) is 0.721. The second-order valence-electron chi connectivity index (χ2n) is 6.11. The van der Waals surface area contributed by atoms with Gasteiger partial charge in [0.05, 0.1) is 12.0 Å². The van der Waals surface area contributed by atoms with Crippen molar-refractivity contribution in [1.82, 2.24) is 10.6 Å². The lowest BCUT2D eigenvalue weighted by Gasteiger charge is -2.27. The van der Waals surface area contributed by atoms with Gasteiger partial charge in [-0.2, -0.15) is 0 Å². The van der Waals surface area contributed by atoms with Crippen molar-refractivity contribution in [2.45, 2.75) is 57.6 Å². The van der Waals surface area contributed by atoms with Gasteiger partial charge >= 0.3 is 12.0 Å². The zero-order chi connectivity index (χ0) is 15.2. The molecule has 0 bridgehead atoms. The van der Waals surface area contributed by atoms with Gasteiger partial charge in [-0.15, -0.1) is 0 Å². The molecule has 120 valence electrons. The van der Waals surface area contributed by atoms with E-state index in [0.29, 0.717) is 25.3 Å². The van der Waals surface area contributed by atoms with Crippen LogP contribution in [-0.2, 0) is 9.53 Å². The van der Waals surface area contributed by atoms with Crippen molar-refractivity contribution in [3.63, 3.8) is 0 Å². The monoisotopic (exact) mass is 298 g/mol. The molecule has 6 heteroatoms. The van der Waals surface area contributed by atoms with Gasteiger partial charge in [0.2, 0.25) is 0 Å². The molecule has 3 N–H and O–H groups in total. The lowest BCUT2D eigenvalue weighted by atomic mass is 9.86. The molecule has 21 heavy (non-hydrogen) atoms. The van der Waals surface area contributed by atoms with Crippen LogP contribution in [0.1, 0.15) is 45.4 Å². The minimum absolute atomic E-state index is 0.0994. The van der Waals surface area contributed by atoms with E-state index < -0.39 is 5.97 Å². The predicted molar refractivity (Wildman–Crippen MR) is 78.1 cm³/mol. The van der Waals surface area contributed by atoms with Crippen LogP contribution in [0.3, 0.4) is 0 Å². The third kappa shape index (κ3) is 4.59. The van der Waals surface area contributed by atoms with Crippen molar-refractivity contribution in [3.05, 3.63) is 0 Å². The van der Waals surface area contributed by atoms with E-state index in [1.54, 1.807) is 0 Å². The predicted octanol–water partition coefficient (Wildman–Crippen LogP) is 1.74. The van der Waals surface area contributed by atoms with E-state index >= 15 is 0 Å². The van der Waals surface area contributed by atoms with Gasteiger partial charge in [-0.1, -0.05) is 6.92 Å². The highest BCUT2D eigenvalue weighted by molar-refractivity contribution is 5.74. The Bertz CT molecular complexity index is 367. The summed E-state index contributed by atoms with van der Waals surface area (Å²) in [6.07, 6.45) is 5.03. The number of carboxylic acids is 1. The highest BCUT2D eigenvalue weighted by atomic mass is 16.5. The number of urea groups is 1. The van der Waals surface area contributed by atoms with Crippen molar-refractivity contribution in [2.24, 2.45) is 11.8 Å². The third-order valence-corrected chi connectivity index (χ3v) is 4.69. The number of amides is 2. The number of carbonyl (C=O) groups excluding carboxylic acids is 1. The number of carboxylic acid groups (broad SMARTS) is 1. The summed E-state index contributed by atoms with van der Waals surface area (Å²) in [5.41, 5.74) is 0. The molecule has 1 aliphatic heterocycles. The highest BCUT2D eigenvalue weighted by Crippen LogP contribution is 2.24. The molecule has 0 aromatic carbocycles. The molecule has 2 fully saturated rings. The largest absolute Gasteiger partial charge is 0.481 e. The summed E-state index contributed by atoms with van der Waals surface area (Å²) in [7, 11) is 0. The van der Waals surface area contributed by atoms with Crippen molar-refractivity contribution in [1.29, 1.82) is 0 Å². The molecule has 0 spiro atoms. The van der Waals surface area contributed by atoms with Gasteiger partial charge in [-0.25, -0.2) is 4.79 Å². The highest BCUT2D eigenvalue weighted by Gasteiger charge is 2.28. The summed E-state index contributed by atoms with van der Waals surface area (Å²) < 4.78 is 5.60. The first kappa shape index (κ1) is 16.1. The first-order valence-electron chi connectivity index (χ1n) is 7.99. The van der Waals surface area contributed by atoms with Crippen LogP contribution in [0.2, 0.25) is 0 Å². The van der Waals surface area contributed by atoms with Crippen LogP contribution >= 0.6 is 0 Å². The number of carbonyl (C=O) groups is 2. The number of nitrogens with one attached hydrogen (secondary N) is 2. The topological polar surface area (TPSA) is 87.7 Å². The van der Waals surface area contributed by atoms with Crippen LogP contribution in [0.5, 0.6) is 0 Å². The zero-order valence-corrected chi connectivity index (χ0v) is 12.6. The summed E-state index contributed by atoms with van der Waals surface area (Å²) in [5.74, 6) is -0.555. The van der Waals surface area contributed by atoms with Gasteiger partial charge in [0.1, 0.15) is 0 Å². The molecule has 1 saturated carbocycles. The number of hydrogen-bond acceptors (Lipinski definition) is 3. The molecule has 1 heterocycles. The molecular formula is C15H26N2O4. The van der Waals surface area contributed by atoms with E-state index in [1.165, 1.54) is 0 Å². The fraction of sp³-hybridized carbons (Fsp3) is 0.867. The fourth-order valence-electron chi connectivity index (χ4n) is 3.32. The second-order valence-corrected chi connectivity index (χ2v) is 6.11. The molecule has 2 aliphatic rings. The molecule has 2 unspecified atom stereocenters. The lowest BCUT2D eigenvalue weighted by molar-refractivity contribution is -0.142. The Morgan fingerprint density at radius 2 is 1.90 bits per heavy atom. The average molecular weight is 298 g/mol. The maximum atomic E-state index is 11.9. The van der Waals surface area contributed by atoms with Gasteiger partial charge < -0.3 is 20.5 Å². The van der Waals surface area contributed by atoms with Gasteiger partial charge in [-0.3, -0.25) is 4.79 Å². The third-order valence-electron chi connectivity index (χ3n) is 4.69. The Morgan fingerprint density at radius 1 is 1.19 bits per heavy atom. The van der Waals surface area contributed by atoms with Crippen LogP contribution < -0.4 is 10.6 Å². The lowest BCUT2D eigenvalue weighted by Crippen LogP contribution is -2.45.